The second-order valence-electron chi connectivity index (χ2n) is 6.19. The van der Waals surface area contributed by atoms with Gasteiger partial charge in [0.15, 0.2) is 0 Å². The van der Waals surface area contributed by atoms with Gasteiger partial charge in [-0.15, -0.1) is 5.10 Å². The molecule has 0 saturated heterocycles. The summed E-state index contributed by atoms with van der Waals surface area (Å²) in [5, 5.41) is 53.0. The molecule has 0 atom stereocenters. The lowest BCUT2D eigenvalue weighted by Gasteiger charge is -2.22. The number of aromatic nitrogens is 3. The molecule has 0 aliphatic heterocycles. The number of aryl methyl sites for hydroxylation is 1. The fourth-order valence-electron chi connectivity index (χ4n) is 2.25. The van der Waals surface area contributed by atoms with Crippen LogP contribution < -0.4 is 0 Å². The SMILES string of the molecule is O=C(O)CCCc1cn(CC(COC(CO)CO)COC(CO)CO)nn1. The van der Waals surface area contributed by atoms with E-state index >= 15 is 0 Å². The minimum absolute atomic E-state index is 0.0601. The van der Waals surface area contributed by atoms with Crippen molar-refractivity contribution in [3.8, 4) is 0 Å². The summed E-state index contributed by atoms with van der Waals surface area (Å²) in [6.45, 7) is -0.617. The molecule has 0 fully saturated rings. The number of hydrogen-bond acceptors (Lipinski definition) is 9. The second-order valence-corrected chi connectivity index (χ2v) is 6.19. The van der Waals surface area contributed by atoms with E-state index in [1.165, 1.54) is 0 Å². The lowest BCUT2D eigenvalue weighted by molar-refractivity contribution is -0.137. The number of ether oxygens (including phenoxy) is 2. The Hall–Kier alpha value is -1.63. The molecule has 0 bridgehead atoms. The molecule has 1 rings (SSSR count). The standard InChI is InChI=1S/C16H29N3O8/c20-6-14(7-21)26-10-12(11-27-15(8-22)9-23)4-19-5-13(17-18-19)2-1-3-16(24)25/h5,12,14-15,20-23H,1-4,6-11H2,(H,24,25). The fraction of sp³-hybridized carbons (Fsp3) is 0.812. The van der Waals surface area contributed by atoms with Crippen LogP contribution in [0, 0.1) is 5.92 Å². The number of aliphatic hydroxyl groups is 4. The first kappa shape index (κ1) is 23.4. The maximum Gasteiger partial charge on any atom is 0.303 e. The van der Waals surface area contributed by atoms with Crippen LogP contribution in [0.4, 0.5) is 0 Å². The van der Waals surface area contributed by atoms with Gasteiger partial charge in [0.05, 0.1) is 45.3 Å². The minimum Gasteiger partial charge on any atom is -0.481 e. The molecule has 1 aromatic heterocycles. The number of carbonyl (C=O) groups is 1. The minimum atomic E-state index is -0.860. The molecular weight excluding hydrogens is 362 g/mol. The third kappa shape index (κ3) is 9.75. The number of carboxylic acid groups (broad SMARTS) is 1. The van der Waals surface area contributed by atoms with Crippen LogP contribution in [0.2, 0.25) is 0 Å². The number of nitrogens with zero attached hydrogens (tertiary/aromatic N) is 3. The Kier molecular flexibility index (Phi) is 11.7. The maximum atomic E-state index is 10.6. The van der Waals surface area contributed by atoms with Crippen molar-refractivity contribution in [2.75, 3.05) is 39.6 Å². The molecule has 0 unspecified atom stereocenters. The Morgan fingerprint density at radius 2 is 1.59 bits per heavy atom. The summed E-state index contributed by atoms with van der Waals surface area (Å²) in [5.74, 6) is -1.10. The largest absolute Gasteiger partial charge is 0.481 e. The highest BCUT2D eigenvalue weighted by molar-refractivity contribution is 5.66. The van der Waals surface area contributed by atoms with Crippen LogP contribution in [-0.4, -0.2) is 98.3 Å². The highest BCUT2D eigenvalue weighted by atomic mass is 16.5. The van der Waals surface area contributed by atoms with Crippen LogP contribution in [-0.2, 0) is 27.2 Å². The quantitative estimate of drug-likeness (QED) is 0.213. The summed E-state index contributed by atoms with van der Waals surface area (Å²) >= 11 is 0. The van der Waals surface area contributed by atoms with E-state index in [-0.39, 0.29) is 52.0 Å². The van der Waals surface area contributed by atoms with Gasteiger partial charge < -0.3 is 35.0 Å². The molecule has 1 heterocycles. The van der Waals surface area contributed by atoms with Crippen molar-refractivity contribution >= 4 is 5.97 Å². The Bertz CT molecular complexity index is 504. The van der Waals surface area contributed by atoms with Crippen LogP contribution >= 0.6 is 0 Å². The molecule has 156 valence electrons. The highest BCUT2D eigenvalue weighted by Gasteiger charge is 2.17. The Morgan fingerprint density at radius 3 is 2.07 bits per heavy atom. The molecule has 1 aromatic rings. The van der Waals surface area contributed by atoms with Crippen LogP contribution in [0.1, 0.15) is 18.5 Å². The molecule has 0 aliphatic carbocycles. The first-order valence-corrected chi connectivity index (χ1v) is 8.79. The van der Waals surface area contributed by atoms with Crippen LogP contribution in [0.5, 0.6) is 0 Å². The lowest BCUT2D eigenvalue weighted by atomic mass is 10.1. The second kappa shape index (κ2) is 13.5. The Balaban J connectivity index is 2.60. The van der Waals surface area contributed by atoms with Gasteiger partial charge in [-0.3, -0.25) is 9.48 Å². The zero-order chi connectivity index (χ0) is 20.1. The Morgan fingerprint density at radius 1 is 1.04 bits per heavy atom. The summed E-state index contributed by atoms with van der Waals surface area (Å²) in [7, 11) is 0. The van der Waals surface area contributed by atoms with Crippen LogP contribution in [0.3, 0.4) is 0 Å². The van der Waals surface area contributed by atoms with E-state index in [1.54, 1.807) is 10.9 Å². The van der Waals surface area contributed by atoms with Crippen molar-refractivity contribution in [2.24, 2.45) is 5.92 Å². The average Bonchev–Trinajstić information content (AvgIpc) is 3.10. The van der Waals surface area contributed by atoms with E-state index in [0.29, 0.717) is 25.1 Å². The number of aliphatic carboxylic acids is 1. The molecular formula is C16H29N3O8. The smallest absolute Gasteiger partial charge is 0.303 e. The average molecular weight is 391 g/mol. The fourth-order valence-corrected chi connectivity index (χ4v) is 2.25. The van der Waals surface area contributed by atoms with Gasteiger partial charge in [-0.1, -0.05) is 5.21 Å². The van der Waals surface area contributed by atoms with Crippen molar-refractivity contribution in [1.29, 1.82) is 0 Å². The third-order valence-corrected chi connectivity index (χ3v) is 3.80. The molecule has 5 N–H and O–H groups in total. The van der Waals surface area contributed by atoms with Crippen molar-refractivity contribution in [2.45, 2.75) is 38.0 Å². The molecule has 0 saturated carbocycles. The topological polar surface area (TPSA) is 167 Å². The molecule has 0 radical (unpaired) electrons. The first-order chi connectivity index (χ1) is 13.0. The van der Waals surface area contributed by atoms with E-state index in [1.807, 2.05) is 0 Å². The summed E-state index contributed by atoms with van der Waals surface area (Å²) in [4.78, 5) is 10.6. The van der Waals surface area contributed by atoms with Crippen LogP contribution in [0.25, 0.3) is 0 Å². The predicted octanol–water partition coefficient (Wildman–Crippen LogP) is -1.96. The normalized spacial score (nSPS) is 11.8. The van der Waals surface area contributed by atoms with Crippen molar-refractivity contribution in [3.63, 3.8) is 0 Å². The van der Waals surface area contributed by atoms with Gasteiger partial charge in [0.1, 0.15) is 12.2 Å². The van der Waals surface area contributed by atoms with E-state index < -0.39 is 18.2 Å². The zero-order valence-electron chi connectivity index (χ0n) is 15.2. The van der Waals surface area contributed by atoms with E-state index in [9.17, 15) is 4.79 Å². The van der Waals surface area contributed by atoms with Gasteiger partial charge in [0.25, 0.3) is 0 Å². The van der Waals surface area contributed by atoms with Gasteiger partial charge >= 0.3 is 5.97 Å². The molecule has 27 heavy (non-hydrogen) atoms. The maximum absolute atomic E-state index is 10.6. The van der Waals surface area contributed by atoms with E-state index in [0.717, 1.165) is 0 Å². The van der Waals surface area contributed by atoms with Gasteiger partial charge in [0, 0.05) is 25.1 Å². The number of carboxylic acids is 1. The lowest BCUT2D eigenvalue weighted by Crippen LogP contribution is -2.32. The van der Waals surface area contributed by atoms with E-state index in [2.05, 4.69) is 10.3 Å². The summed E-state index contributed by atoms with van der Waals surface area (Å²) in [6, 6.07) is 0. The van der Waals surface area contributed by atoms with Gasteiger partial charge in [-0.05, 0) is 12.8 Å². The molecule has 0 aromatic carbocycles. The number of rotatable bonds is 16. The third-order valence-electron chi connectivity index (χ3n) is 3.80. The summed E-state index contributed by atoms with van der Waals surface area (Å²) < 4.78 is 12.5. The summed E-state index contributed by atoms with van der Waals surface area (Å²) in [5.41, 5.74) is 0.670. The molecule has 11 nitrogen and oxygen atoms in total. The van der Waals surface area contributed by atoms with Crippen molar-refractivity contribution in [1.82, 2.24) is 15.0 Å². The van der Waals surface area contributed by atoms with E-state index in [4.69, 9.17) is 35.0 Å². The number of hydrogen-bond donors (Lipinski definition) is 5. The summed E-state index contributed by atoms with van der Waals surface area (Å²) in [6.07, 6.45) is 1.32. The predicted molar refractivity (Wildman–Crippen MR) is 91.9 cm³/mol. The molecule has 0 amide bonds. The first-order valence-electron chi connectivity index (χ1n) is 8.79. The highest BCUT2D eigenvalue weighted by Crippen LogP contribution is 2.09. The molecule has 0 aliphatic rings. The van der Waals surface area contributed by atoms with Crippen molar-refractivity contribution in [3.05, 3.63) is 11.9 Å². The number of aliphatic hydroxyl groups excluding tert-OH is 4. The Labute approximate surface area is 157 Å². The van der Waals surface area contributed by atoms with Crippen molar-refractivity contribution < 1.29 is 39.8 Å². The zero-order valence-corrected chi connectivity index (χ0v) is 15.2. The van der Waals surface area contributed by atoms with Gasteiger partial charge in [-0.25, -0.2) is 0 Å². The molecule has 0 spiro atoms. The monoisotopic (exact) mass is 391 g/mol. The van der Waals surface area contributed by atoms with Gasteiger partial charge in [0.2, 0.25) is 0 Å². The molecule has 11 heteroatoms. The van der Waals surface area contributed by atoms with Gasteiger partial charge in [-0.2, -0.15) is 0 Å². The van der Waals surface area contributed by atoms with Crippen LogP contribution in [0.15, 0.2) is 6.20 Å².